The van der Waals surface area contributed by atoms with Crippen LogP contribution in [0.2, 0.25) is 10.0 Å². The molecule has 98 valence electrons. The van der Waals surface area contributed by atoms with Gasteiger partial charge in [0, 0.05) is 18.1 Å². The van der Waals surface area contributed by atoms with Crippen LogP contribution in [0.1, 0.15) is 24.2 Å². The highest BCUT2D eigenvalue weighted by atomic mass is 35.5. The molecule has 0 aromatic heterocycles. The molecule has 1 amide bonds. The second kappa shape index (κ2) is 5.47. The third kappa shape index (κ3) is 2.97. The van der Waals surface area contributed by atoms with Gasteiger partial charge in [0.15, 0.2) is 0 Å². The maximum Gasteiger partial charge on any atom is 0.255 e. The molecule has 0 aliphatic carbocycles. The fourth-order valence-corrected chi connectivity index (χ4v) is 2.55. The molecule has 2 rings (SSSR count). The quantitative estimate of drug-likeness (QED) is 0.794. The van der Waals surface area contributed by atoms with Gasteiger partial charge in [-0.2, -0.15) is 0 Å². The largest absolute Gasteiger partial charge is 0.372 e. The zero-order valence-electron chi connectivity index (χ0n) is 10.3. The van der Waals surface area contributed by atoms with E-state index in [-0.39, 0.29) is 18.1 Å². The highest BCUT2D eigenvalue weighted by molar-refractivity contribution is 6.35. The van der Waals surface area contributed by atoms with E-state index in [0.717, 1.165) is 0 Å². The van der Waals surface area contributed by atoms with Crippen molar-refractivity contribution in [3.05, 3.63) is 33.8 Å². The highest BCUT2D eigenvalue weighted by Gasteiger charge is 2.27. The van der Waals surface area contributed by atoms with Crippen LogP contribution in [-0.2, 0) is 4.74 Å². The van der Waals surface area contributed by atoms with E-state index in [1.54, 1.807) is 23.1 Å². The molecule has 3 nitrogen and oxygen atoms in total. The van der Waals surface area contributed by atoms with E-state index in [9.17, 15) is 4.79 Å². The van der Waals surface area contributed by atoms with Crippen molar-refractivity contribution in [2.24, 2.45) is 0 Å². The summed E-state index contributed by atoms with van der Waals surface area (Å²) in [5.74, 6) is -0.0931. The Morgan fingerprint density at radius 3 is 2.50 bits per heavy atom. The minimum atomic E-state index is -0.0931. The number of carbonyl (C=O) groups is 1. The predicted molar refractivity (Wildman–Crippen MR) is 72.4 cm³/mol. The smallest absolute Gasteiger partial charge is 0.255 e. The number of ether oxygens (including phenoxy) is 1. The van der Waals surface area contributed by atoms with Crippen molar-refractivity contribution in [3.8, 4) is 0 Å². The van der Waals surface area contributed by atoms with Crippen LogP contribution in [-0.4, -0.2) is 36.1 Å². The van der Waals surface area contributed by atoms with Crippen molar-refractivity contribution in [2.75, 3.05) is 13.1 Å². The van der Waals surface area contributed by atoms with E-state index in [2.05, 4.69) is 0 Å². The first-order chi connectivity index (χ1) is 8.47. The van der Waals surface area contributed by atoms with E-state index in [4.69, 9.17) is 27.9 Å². The van der Waals surface area contributed by atoms with Gasteiger partial charge in [-0.3, -0.25) is 4.79 Å². The normalized spacial score (nSPS) is 24.1. The average Bonchev–Trinajstić information content (AvgIpc) is 2.30. The van der Waals surface area contributed by atoms with Gasteiger partial charge in [-0.25, -0.2) is 0 Å². The summed E-state index contributed by atoms with van der Waals surface area (Å²) in [5, 5.41) is 0.938. The Kier molecular flexibility index (Phi) is 4.15. The molecule has 0 radical (unpaired) electrons. The van der Waals surface area contributed by atoms with Crippen LogP contribution < -0.4 is 0 Å². The summed E-state index contributed by atoms with van der Waals surface area (Å²) in [5.41, 5.74) is 0.450. The lowest BCUT2D eigenvalue weighted by Crippen LogP contribution is -2.48. The van der Waals surface area contributed by atoms with Gasteiger partial charge < -0.3 is 9.64 Å². The van der Waals surface area contributed by atoms with Crippen molar-refractivity contribution in [3.63, 3.8) is 0 Å². The maximum atomic E-state index is 12.4. The van der Waals surface area contributed by atoms with Gasteiger partial charge in [0.25, 0.3) is 5.91 Å². The molecule has 1 aliphatic rings. The standard InChI is InChI=1S/C13H15Cl2NO2/c1-8-6-16(7-9(2)18-8)13(17)11-5-10(14)3-4-12(11)15/h3-5,8-9H,6-7H2,1-2H3/t8-,9-/m0/s1. The zero-order chi connectivity index (χ0) is 13.3. The fraction of sp³-hybridized carbons (Fsp3) is 0.462. The lowest BCUT2D eigenvalue weighted by Gasteiger charge is -2.35. The molecule has 0 saturated carbocycles. The number of benzene rings is 1. The van der Waals surface area contributed by atoms with Crippen molar-refractivity contribution in [1.82, 2.24) is 4.90 Å². The number of amides is 1. The van der Waals surface area contributed by atoms with E-state index in [1.807, 2.05) is 13.8 Å². The van der Waals surface area contributed by atoms with E-state index in [0.29, 0.717) is 28.7 Å². The molecular weight excluding hydrogens is 273 g/mol. The van der Waals surface area contributed by atoms with Gasteiger partial charge in [-0.15, -0.1) is 0 Å². The number of carbonyl (C=O) groups excluding carboxylic acids is 1. The van der Waals surface area contributed by atoms with Gasteiger partial charge in [0.2, 0.25) is 0 Å². The zero-order valence-corrected chi connectivity index (χ0v) is 11.8. The van der Waals surface area contributed by atoms with Crippen LogP contribution in [0, 0.1) is 0 Å². The molecule has 1 saturated heterocycles. The third-order valence-corrected chi connectivity index (χ3v) is 3.43. The van der Waals surface area contributed by atoms with Crippen LogP contribution >= 0.6 is 23.2 Å². The van der Waals surface area contributed by atoms with Crippen molar-refractivity contribution in [1.29, 1.82) is 0 Å². The van der Waals surface area contributed by atoms with Crippen LogP contribution in [0.5, 0.6) is 0 Å². The number of nitrogens with zero attached hydrogens (tertiary/aromatic N) is 1. The van der Waals surface area contributed by atoms with Crippen LogP contribution in [0.25, 0.3) is 0 Å². The molecule has 0 N–H and O–H groups in total. The first kappa shape index (κ1) is 13.7. The number of hydrogen-bond acceptors (Lipinski definition) is 2. The van der Waals surface area contributed by atoms with E-state index >= 15 is 0 Å². The minimum absolute atomic E-state index is 0.0376. The molecular formula is C13H15Cl2NO2. The van der Waals surface area contributed by atoms with Crippen molar-refractivity contribution in [2.45, 2.75) is 26.1 Å². The maximum absolute atomic E-state index is 12.4. The van der Waals surface area contributed by atoms with Gasteiger partial charge >= 0.3 is 0 Å². The molecule has 0 bridgehead atoms. The molecule has 2 atom stereocenters. The Bertz CT molecular complexity index is 454. The van der Waals surface area contributed by atoms with Crippen LogP contribution in [0.4, 0.5) is 0 Å². The average molecular weight is 288 g/mol. The molecule has 1 aromatic rings. The summed E-state index contributed by atoms with van der Waals surface area (Å²) in [7, 11) is 0. The number of rotatable bonds is 1. The summed E-state index contributed by atoms with van der Waals surface area (Å²) in [6, 6.07) is 4.92. The number of morpholine rings is 1. The summed E-state index contributed by atoms with van der Waals surface area (Å²) < 4.78 is 5.60. The van der Waals surface area contributed by atoms with Crippen LogP contribution in [0.3, 0.4) is 0 Å². The fourth-order valence-electron chi connectivity index (χ4n) is 2.18. The van der Waals surface area contributed by atoms with E-state index in [1.165, 1.54) is 0 Å². The lowest BCUT2D eigenvalue weighted by molar-refractivity contribution is -0.0586. The van der Waals surface area contributed by atoms with E-state index < -0.39 is 0 Å². The highest BCUT2D eigenvalue weighted by Crippen LogP contribution is 2.23. The molecule has 0 spiro atoms. The first-order valence-corrected chi connectivity index (χ1v) is 6.62. The Morgan fingerprint density at radius 1 is 1.28 bits per heavy atom. The predicted octanol–water partition coefficient (Wildman–Crippen LogP) is 3.24. The molecule has 1 heterocycles. The first-order valence-electron chi connectivity index (χ1n) is 5.87. The molecule has 1 fully saturated rings. The monoisotopic (exact) mass is 287 g/mol. The second-order valence-electron chi connectivity index (χ2n) is 4.59. The Balaban J connectivity index is 2.22. The Labute approximate surface area is 117 Å². The summed E-state index contributed by atoms with van der Waals surface area (Å²) in [4.78, 5) is 14.2. The molecule has 18 heavy (non-hydrogen) atoms. The Hall–Kier alpha value is -0.770. The SMILES string of the molecule is C[C@H]1CN(C(=O)c2cc(Cl)ccc2Cl)C[C@H](C)O1. The third-order valence-electron chi connectivity index (χ3n) is 2.87. The topological polar surface area (TPSA) is 29.5 Å². The number of hydrogen-bond donors (Lipinski definition) is 0. The van der Waals surface area contributed by atoms with Crippen LogP contribution in [0.15, 0.2) is 18.2 Å². The molecule has 5 heteroatoms. The van der Waals surface area contributed by atoms with Crippen molar-refractivity contribution < 1.29 is 9.53 Å². The molecule has 1 aliphatic heterocycles. The summed E-state index contributed by atoms with van der Waals surface area (Å²) in [6.07, 6.45) is 0.0753. The van der Waals surface area contributed by atoms with Gasteiger partial charge in [-0.1, -0.05) is 23.2 Å². The van der Waals surface area contributed by atoms with Crippen molar-refractivity contribution >= 4 is 29.1 Å². The Morgan fingerprint density at radius 2 is 1.89 bits per heavy atom. The molecule has 1 aromatic carbocycles. The summed E-state index contributed by atoms with van der Waals surface area (Å²) >= 11 is 11.9. The number of halogens is 2. The minimum Gasteiger partial charge on any atom is -0.372 e. The van der Waals surface area contributed by atoms with Gasteiger partial charge in [-0.05, 0) is 32.0 Å². The summed E-state index contributed by atoms with van der Waals surface area (Å²) in [6.45, 7) is 5.06. The van der Waals surface area contributed by atoms with Gasteiger partial charge in [0.05, 0.1) is 22.8 Å². The lowest BCUT2D eigenvalue weighted by atomic mass is 10.1. The molecule has 0 unspecified atom stereocenters. The van der Waals surface area contributed by atoms with Gasteiger partial charge in [0.1, 0.15) is 0 Å². The second-order valence-corrected chi connectivity index (χ2v) is 5.44.